The molecule has 3 N–H and O–H groups in total. The topological polar surface area (TPSA) is 77.2 Å². The molecule has 0 aliphatic heterocycles. The van der Waals surface area contributed by atoms with Crippen LogP contribution in [0.5, 0.6) is 5.75 Å². The smallest absolute Gasteiger partial charge is 0.272 e. The summed E-state index contributed by atoms with van der Waals surface area (Å²) >= 11 is 0. The number of hydrogen-bond acceptors (Lipinski definition) is 4. The zero-order chi connectivity index (χ0) is 15.2. The number of pyridine rings is 1. The average molecular weight is 285 g/mol. The molecule has 110 valence electrons. The van der Waals surface area contributed by atoms with Crippen LogP contribution in [0, 0.1) is 0 Å². The maximum absolute atomic E-state index is 12.1. The number of nitrogens with zero attached hydrogens (tertiary/aromatic N) is 1. The quantitative estimate of drug-likeness (QED) is 0.885. The molecule has 2 rings (SSSR count). The standard InChI is InChI=1S/C16H19N3O2/c1-3-21-13-8-6-12(7-9-13)11(2)19-16(20)15-14(17)5-4-10-18-15/h4-11H,3,17H2,1-2H3,(H,19,20). The highest BCUT2D eigenvalue weighted by Gasteiger charge is 2.14. The molecule has 0 saturated heterocycles. The predicted octanol–water partition coefficient (Wildman–Crippen LogP) is 2.55. The lowest BCUT2D eigenvalue weighted by Crippen LogP contribution is -2.28. The highest BCUT2D eigenvalue weighted by Crippen LogP contribution is 2.18. The van der Waals surface area contributed by atoms with Gasteiger partial charge in [-0.25, -0.2) is 4.98 Å². The molecule has 1 aromatic carbocycles. The molecule has 0 saturated carbocycles. The lowest BCUT2D eigenvalue weighted by molar-refractivity contribution is 0.0936. The van der Waals surface area contributed by atoms with E-state index in [1.807, 2.05) is 38.1 Å². The molecule has 2 aromatic rings. The lowest BCUT2D eigenvalue weighted by Gasteiger charge is -2.15. The average Bonchev–Trinajstić information content (AvgIpc) is 2.48. The van der Waals surface area contributed by atoms with Crippen molar-refractivity contribution in [2.24, 2.45) is 0 Å². The van der Waals surface area contributed by atoms with E-state index < -0.39 is 0 Å². The lowest BCUT2D eigenvalue weighted by atomic mass is 10.1. The Balaban J connectivity index is 2.05. The fourth-order valence-electron chi connectivity index (χ4n) is 1.98. The first-order valence-electron chi connectivity index (χ1n) is 6.86. The molecule has 5 heteroatoms. The zero-order valence-corrected chi connectivity index (χ0v) is 12.2. The van der Waals surface area contributed by atoms with Crippen molar-refractivity contribution in [1.29, 1.82) is 0 Å². The number of carbonyl (C=O) groups excluding carboxylic acids is 1. The highest BCUT2D eigenvalue weighted by molar-refractivity contribution is 5.97. The van der Waals surface area contributed by atoms with Gasteiger partial charge in [-0.1, -0.05) is 12.1 Å². The molecule has 0 spiro atoms. The first-order valence-corrected chi connectivity index (χ1v) is 6.86. The van der Waals surface area contributed by atoms with E-state index in [9.17, 15) is 4.79 Å². The number of hydrogen-bond donors (Lipinski definition) is 2. The Morgan fingerprint density at radius 3 is 2.67 bits per heavy atom. The minimum absolute atomic E-state index is 0.144. The van der Waals surface area contributed by atoms with Gasteiger partial charge in [-0.05, 0) is 43.7 Å². The van der Waals surface area contributed by atoms with E-state index in [2.05, 4.69) is 10.3 Å². The van der Waals surface area contributed by atoms with Gasteiger partial charge in [0.15, 0.2) is 5.69 Å². The van der Waals surface area contributed by atoms with E-state index in [-0.39, 0.29) is 17.6 Å². The van der Waals surface area contributed by atoms with Crippen LogP contribution < -0.4 is 15.8 Å². The molecule has 1 heterocycles. The van der Waals surface area contributed by atoms with Gasteiger partial charge in [0, 0.05) is 6.20 Å². The van der Waals surface area contributed by atoms with Crippen molar-refractivity contribution in [2.75, 3.05) is 12.3 Å². The third-order valence-corrected chi connectivity index (χ3v) is 3.09. The van der Waals surface area contributed by atoms with Crippen molar-refractivity contribution in [3.8, 4) is 5.75 Å². The van der Waals surface area contributed by atoms with Crippen molar-refractivity contribution >= 4 is 11.6 Å². The van der Waals surface area contributed by atoms with Gasteiger partial charge >= 0.3 is 0 Å². The Hall–Kier alpha value is -2.56. The summed E-state index contributed by atoms with van der Waals surface area (Å²) in [4.78, 5) is 16.1. The third-order valence-electron chi connectivity index (χ3n) is 3.09. The molecule has 0 aliphatic rings. The summed E-state index contributed by atoms with van der Waals surface area (Å²) < 4.78 is 5.39. The Morgan fingerprint density at radius 1 is 1.33 bits per heavy atom. The zero-order valence-electron chi connectivity index (χ0n) is 12.2. The van der Waals surface area contributed by atoms with Gasteiger partial charge in [-0.3, -0.25) is 4.79 Å². The number of ether oxygens (including phenoxy) is 1. The van der Waals surface area contributed by atoms with Gasteiger partial charge in [-0.2, -0.15) is 0 Å². The molecule has 0 fully saturated rings. The maximum Gasteiger partial charge on any atom is 0.272 e. The van der Waals surface area contributed by atoms with Gasteiger partial charge in [-0.15, -0.1) is 0 Å². The van der Waals surface area contributed by atoms with Gasteiger partial charge in [0.05, 0.1) is 18.3 Å². The summed E-state index contributed by atoms with van der Waals surface area (Å²) in [7, 11) is 0. The molecule has 1 aromatic heterocycles. The van der Waals surface area contributed by atoms with E-state index in [0.717, 1.165) is 11.3 Å². The number of nitrogen functional groups attached to an aromatic ring is 1. The molecule has 1 atom stereocenters. The molecule has 0 bridgehead atoms. The summed E-state index contributed by atoms with van der Waals surface area (Å²) in [6.07, 6.45) is 1.55. The summed E-state index contributed by atoms with van der Waals surface area (Å²) in [5.41, 5.74) is 7.35. The monoisotopic (exact) mass is 285 g/mol. The van der Waals surface area contributed by atoms with Crippen molar-refractivity contribution in [3.05, 3.63) is 53.9 Å². The fourth-order valence-corrected chi connectivity index (χ4v) is 1.98. The van der Waals surface area contributed by atoms with Gasteiger partial charge in [0.25, 0.3) is 5.91 Å². The molecule has 21 heavy (non-hydrogen) atoms. The number of rotatable bonds is 5. The number of nitrogens with two attached hydrogens (primary N) is 1. The normalized spacial score (nSPS) is 11.7. The van der Waals surface area contributed by atoms with Crippen LogP contribution in [0.1, 0.15) is 35.9 Å². The second kappa shape index (κ2) is 6.74. The van der Waals surface area contributed by atoms with Crippen LogP contribution in [0.25, 0.3) is 0 Å². The Kier molecular flexibility index (Phi) is 4.77. The van der Waals surface area contributed by atoms with Crippen molar-refractivity contribution < 1.29 is 9.53 Å². The van der Waals surface area contributed by atoms with Crippen LogP contribution in [0.2, 0.25) is 0 Å². The Bertz CT molecular complexity index is 611. The maximum atomic E-state index is 12.1. The van der Waals surface area contributed by atoms with E-state index >= 15 is 0 Å². The molecule has 5 nitrogen and oxygen atoms in total. The largest absolute Gasteiger partial charge is 0.494 e. The van der Waals surface area contributed by atoms with Gasteiger partial charge < -0.3 is 15.8 Å². The first kappa shape index (κ1) is 14.8. The van der Waals surface area contributed by atoms with Crippen LogP contribution in [-0.2, 0) is 0 Å². The molecule has 0 radical (unpaired) electrons. The minimum atomic E-state index is -0.283. The van der Waals surface area contributed by atoms with E-state index in [1.54, 1.807) is 18.3 Å². The molecular weight excluding hydrogens is 266 g/mol. The molecule has 1 amide bonds. The third kappa shape index (κ3) is 3.72. The number of amides is 1. The van der Waals surface area contributed by atoms with Crippen LogP contribution >= 0.6 is 0 Å². The second-order valence-electron chi connectivity index (χ2n) is 4.64. The van der Waals surface area contributed by atoms with Crippen LogP contribution in [0.4, 0.5) is 5.69 Å². The molecule has 1 unspecified atom stereocenters. The van der Waals surface area contributed by atoms with Gasteiger partial charge in [0.2, 0.25) is 0 Å². The van der Waals surface area contributed by atoms with E-state index in [4.69, 9.17) is 10.5 Å². The highest BCUT2D eigenvalue weighted by atomic mass is 16.5. The van der Waals surface area contributed by atoms with Crippen LogP contribution in [-0.4, -0.2) is 17.5 Å². The SMILES string of the molecule is CCOc1ccc(C(C)NC(=O)c2ncccc2N)cc1. The Morgan fingerprint density at radius 2 is 2.05 bits per heavy atom. The number of anilines is 1. The van der Waals surface area contributed by atoms with Gasteiger partial charge in [0.1, 0.15) is 5.75 Å². The first-order chi connectivity index (χ1) is 10.1. The molecule has 0 aliphatic carbocycles. The Labute approximate surface area is 124 Å². The summed E-state index contributed by atoms with van der Waals surface area (Å²) in [5, 5.41) is 2.88. The van der Waals surface area contributed by atoms with E-state index in [0.29, 0.717) is 12.3 Å². The van der Waals surface area contributed by atoms with Crippen molar-refractivity contribution in [2.45, 2.75) is 19.9 Å². The predicted molar refractivity (Wildman–Crippen MR) is 82.1 cm³/mol. The second-order valence-corrected chi connectivity index (χ2v) is 4.64. The van der Waals surface area contributed by atoms with E-state index in [1.165, 1.54) is 0 Å². The van der Waals surface area contributed by atoms with Crippen LogP contribution in [0.3, 0.4) is 0 Å². The minimum Gasteiger partial charge on any atom is -0.494 e. The van der Waals surface area contributed by atoms with Crippen LogP contribution in [0.15, 0.2) is 42.6 Å². The number of benzene rings is 1. The number of aromatic nitrogens is 1. The van der Waals surface area contributed by atoms with Crippen molar-refractivity contribution in [3.63, 3.8) is 0 Å². The summed E-state index contributed by atoms with van der Waals surface area (Å²) in [5.74, 6) is 0.531. The number of nitrogens with one attached hydrogen (secondary N) is 1. The number of carbonyl (C=O) groups is 1. The molecular formula is C16H19N3O2. The summed E-state index contributed by atoms with van der Waals surface area (Å²) in [6, 6.07) is 10.8. The van der Waals surface area contributed by atoms with Crippen molar-refractivity contribution in [1.82, 2.24) is 10.3 Å². The fraction of sp³-hybridized carbons (Fsp3) is 0.250. The summed E-state index contributed by atoms with van der Waals surface area (Å²) in [6.45, 7) is 4.48.